The van der Waals surface area contributed by atoms with Gasteiger partial charge in [-0.2, -0.15) is 0 Å². The fraction of sp³-hybridized carbons (Fsp3) is 0.333. The topological polar surface area (TPSA) is 73.1 Å². The van der Waals surface area contributed by atoms with Crippen LogP contribution in [0.1, 0.15) is 22.5 Å². The van der Waals surface area contributed by atoms with Crippen LogP contribution in [0, 0.1) is 0 Å². The van der Waals surface area contributed by atoms with Gasteiger partial charge in [0.15, 0.2) is 0 Å². The predicted octanol–water partition coefficient (Wildman–Crippen LogP) is 1.30. The smallest absolute Gasteiger partial charge is 0.220 e. The minimum atomic E-state index is 0.357. The molecule has 0 fully saturated rings. The van der Waals surface area contributed by atoms with E-state index in [4.69, 9.17) is 10.5 Å². The molecule has 1 aromatic heterocycles. The highest BCUT2D eigenvalue weighted by Gasteiger charge is 2.16. The lowest BCUT2D eigenvalue weighted by Crippen LogP contribution is -2.27. The summed E-state index contributed by atoms with van der Waals surface area (Å²) in [6, 6.07) is 8.05. The van der Waals surface area contributed by atoms with Gasteiger partial charge in [0.05, 0.1) is 18.5 Å². The molecular weight excluding hydrogens is 252 g/mol. The maximum absolute atomic E-state index is 5.81. The number of methoxy groups -OCH3 is 1. The Balaban J connectivity index is 1.91. The third-order valence-electron chi connectivity index (χ3n) is 3.57. The summed E-state index contributed by atoms with van der Waals surface area (Å²) < 4.78 is 5.18. The number of rotatable bonds is 3. The van der Waals surface area contributed by atoms with Gasteiger partial charge in [-0.25, -0.2) is 9.97 Å². The Bertz CT molecular complexity index is 610. The fourth-order valence-electron chi connectivity index (χ4n) is 2.54. The summed E-state index contributed by atoms with van der Waals surface area (Å²) >= 11 is 0. The molecule has 2 aromatic rings. The second kappa shape index (κ2) is 5.46. The Kier molecular flexibility index (Phi) is 3.52. The zero-order chi connectivity index (χ0) is 13.9. The van der Waals surface area contributed by atoms with E-state index in [1.54, 1.807) is 7.11 Å². The second-order valence-electron chi connectivity index (χ2n) is 4.91. The van der Waals surface area contributed by atoms with E-state index in [1.165, 1.54) is 11.1 Å². The van der Waals surface area contributed by atoms with Crippen LogP contribution in [0.15, 0.2) is 24.3 Å². The maximum Gasteiger partial charge on any atom is 0.220 e. The van der Waals surface area contributed by atoms with Gasteiger partial charge in [-0.3, -0.25) is 0 Å². The number of nitrogens with one attached hydrogen (secondary N) is 1. The third-order valence-corrected chi connectivity index (χ3v) is 3.57. The van der Waals surface area contributed by atoms with Crippen molar-refractivity contribution in [2.24, 2.45) is 0 Å². The van der Waals surface area contributed by atoms with Crippen LogP contribution in [-0.4, -0.2) is 23.6 Å². The summed E-state index contributed by atoms with van der Waals surface area (Å²) in [5.74, 6) is 1.22. The Morgan fingerprint density at radius 3 is 2.80 bits per heavy atom. The first-order valence-electron chi connectivity index (χ1n) is 6.74. The number of hydrogen-bond donors (Lipinski definition) is 2. The molecule has 0 unspecified atom stereocenters. The number of fused-ring (bicyclic) bond motifs is 1. The Labute approximate surface area is 118 Å². The van der Waals surface area contributed by atoms with Crippen LogP contribution in [0.4, 0.5) is 5.95 Å². The molecule has 1 aliphatic heterocycles. The lowest BCUT2D eigenvalue weighted by atomic mass is 9.99. The number of nitrogens with two attached hydrogens (primary N) is 1. The van der Waals surface area contributed by atoms with Crippen molar-refractivity contribution in [1.82, 2.24) is 15.3 Å². The van der Waals surface area contributed by atoms with E-state index in [2.05, 4.69) is 27.4 Å². The first-order chi connectivity index (χ1) is 9.76. The van der Waals surface area contributed by atoms with Gasteiger partial charge in [-0.15, -0.1) is 0 Å². The van der Waals surface area contributed by atoms with Gasteiger partial charge in [0.1, 0.15) is 5.75 Å². The molecule has 2 heterocycles. The quantitative estimate of drug-likeness (QED) is 0.879. The highest BCUT2D eigenvalue weighted by atomic mass is 16.5. The Morgan fingerprint density at radius 1 is 1.25 bits per heavy atom. The van der Waals surface area contributed by atoms with Crippen molar-refractivity contribution in [3.05, 3.63) is 46.8 Å². The molecule has 3 rings (SSSR count). The average molecular weight is 270 g/mol. The molecule has 0 spiro atoms. The van der Waals surface area contributed by atoms with Crippen LogP contribution in [0.5, 0.6) is 5.75 Å². The number of nitrogens with zero attached hydrogens (tertiary/aromatic N) is 2. The van der Waals surface area contributed by atoms with Gasteiger partial charge >= 0.3 is 0 Å². The molecule has 0 saturated carbocycles. The first kappa shape index (κ1) is 12.9. The molecule has 1 aliphatic rings. The molecule has 0 bridgehead atoms. The lowest BCUT2D eigenvalue weighted by Gasteiger charge is -2.19. The minimum Gasteiger partial charge on any atom is -0.497 e. The molecule has 104 valence electrons. The monoisotopic (exact) mass is 270 g/mol. The normalized spacial score (nSPS) is 13.8. The van der Waals surface area contributed by atoms with Crippen molar-refractivity contribution < 1.29 is 4.74 Å². The molecule has 1 aromatic carbocycles. The molecule has 0 saturated heterocycles. The van der Waals surface area contributed by atoms with Crippen molar-refractivity contribution in [3.8, 4) is 5.75 Å². The number of anilines is 1. The summed E-state index contributed by atoms with van der Waals surface area (Å²) in [7, 11) is 1.67. The number of hydrogen-bond acceptors (Lipinski definition) is 5. The summed E-state index contributed by atoms with van der Waals surface area (Å²) in [4.78, 5) is 8.76. The van der Waals surface area contributed by atoms with Crippen LogP contribution >= 0.6 is 0 Å². The van der Waals surface area contributed by atoms with Gasteiger partial charge in [-0.05, 0) is 36.2 Å². The SMILES string of the molecule is COc1ccc(Cc2nc(N)nc3c2CCNC3)cc1. The Morgan fingerprint density at radius 2 is 2.05 bits per heavy atom. The first-order valence-corrected chi connectivity index (χ1v) is 6.74. The van der Waals surface area contributed by atoms with Gasteiger partial charge in [0, 0.05) is 13.0 Å². The zero-order valence-electron chi connectivity index (χ0n) is 11.5. The van der Waals surface area contributed by atoms with Gasteiger partial charge in [0.2, 0.25) is 5.95 Å². The lowest BCUT2D eigenvalue weighted by molar-refractivity contribution is 0.414. The zero-order valence-corrected chi connectivity index (χ0v) is 11.5. The average Bonchev–Trinajstić information content (AvgIpc) is 2.48. The van der Waals surface area contributed by atoms with Crippen molar-refractivity contribution in [1.29, 1.82) is 0 Å². The molecule has 5 heteroatoms. The Hall–Kier alpha value is -2.14. The molecule has 0 amide bonds. The van der Waals surface area contributed by atoms with E-state index in [0.717, 1.165) is 43.1 Å². The molecule has 0 atom stereocenters. The number of nitrogen functional groups attached to an aromatic ring is 1. The highest BCUT2D eigenvalue weighted by molar-refractivity contribution is 5.37. The number of benzene rings is 1. The summed E-state index contributed by atoms with van der Waals surface area (Å²) in [6.45, 7) is 1.74. The highest BCUT2D eigenvalue weighted by Crippen LogP contribution is 2.20. The van der Waals surface area contributed by atoms with Crippen LogP contribution in [-0.2, 0) is 19.4 Å². The van der Waals surface area contributed by atoms with Crippen molar-refractivity contribution in [3.63, 3.8) is 0 Å². The summed E-state index contributed by atoms with van der Waals surface area (Å²) in [5.41, 5.74) is 10.3. The van der Waals surface area contributed by atoms with Gasteiger partial charge in [-0.1, -0.05) is 12.1 Å². The fourth-order valence-corrected chi connectivity index (χ4v) is 2.54. The van der Waals surface area contributed by atoms with Crippen molar-refractivity contribution in [2.45, 2.75) is 19.4 Å². The predicted molar refractivity (Wildman–Crippen MR) is 77.7 cm³/mol. The standard InChI is InChI=1S/C15H18N4O/c1-20-11-4-2-10(3-5-11)8-13-12-6-7-17-9-14(12)19-15(16)18-13/h2-5,17H,6-9H2,1H3,(H2,16,18,19). The van der Waals surface area contributed by atoms with Gasteiger partial charge < -0.3 is 15.8 Å². The molecule has 3 N–H and O–H groups in total. The molecule has 0 radical (unpaired) electrons. The maximum atomic E-state index is 5.81. The summed E-state index contributed by atoms with van der Waals surface area (Å²) in [6.07, 6.45) is 1.74. The number of ether oxygens (including phenoxy) is 1. The van der Waals surface area contributed by atoms with E-state index in [9.17, 15) is 0 Å². The molecule has 0 aliphatic carbocycles. The van der Waals surface area contributed by atoms with E-state index in [1.807, 2.05) is 12.1 Å². The van der Waals surface area contributed by atoms with Crippen LogP contribution < -0.4 is 15.8 Å². The summed E-state index contributed by atoms with van der Waals surface area (Å²) in [5, 5.41) is 3.31. The minimum absolute atomic E-state index is 0.357. The van der Waals surface area contributed by atoms with Crippen LogP contribution in [0.3, 0.4) is 0 Å². The van der Waals surface area contributed by atoms with E-state index in [0.29, 0.717) is 5.95 Å². The number of aromatic nitrogens is 2. The van der Waals surface area contributed by atoms with Crippen molar-refractivity contribution >= 4 is 5.95 Å². The van der Waals surface area contributed by atoms with Crippen LogP contribution in [0.25, 0.3) is 0 Å². The molecule has 5 nitrogen and oxygen atoms in total. The van der Waals surface area contributed by atoms with E-state index in [-0.39, 0.29) is 0 Å². The van der Waals surface area contributed by atoms with E-state index < -0.39 is 0 Å². The third kappa shape index (κ3) is 2.58. The second-order valence-corrected chi connectivity index (χ2v) is 4.91. The van der Waals surface area contributed by atoms with Crippen LogP contribution in [0.2, 0.25) is 0 Å². The van der Waals surface area contributed by atoms with Gasteiger partial charge in [0.25, 0.3) is 0 Å². The molecule has 20 heavy (non-hydrogen) atoms. The van der Waals surface area contributed by atoms with E-state index >= 15 is 0 Å². The molecular formula is C15H18N4O. The van der Waals surface area contributed by atoms with Crippen molar-refractivity contribution in [2.75, 3.05) is 19.4 Å². The largest absolute Gasteiger partial charge is 0.497 e.